The minimum absolute atomic E-state index is 0.809. The van der Waals surface area contributed by atoms with Crippen LogP contribution in [0.1, 0.15) is 5.56 Å². The van der Waals surface area contributed by atoms with Crippen molar-refractivity contribution in [3.8, 4) is 5.82 Å². The zero-order chi connectivity index (χ0) is 28.9. The van der Waals surface area contributed by atoms with E-state index in [4.69, 9.17) is 4.98 Å². The Hall–Kier alpha value is -5.55. The first kappa shape index (κ1) is 25.2. The molecule has 2 aromatic heterocycles. The Morgan fingerprint density at radius 1 is 0.605 bits per heavy atom. The van der Waals surface area contributed by atoms with Gasteiger partial charge in [0.25, 0.3) is 0 Å². The molecule has 1 aliphatic rings. The minimum Gasteiger partial charge on any atom is -0.355 e. The second kappa shape index (κ2) is 10.1. The molecule has 0 saturated heterocycles. The molecule has 0 atom stereocenters. The van der Waals surface area contributed by atoms with Gasteiger partial charge in [-0.25, -0.2) is 4.98 Å². The number of nitrogens with zero attached hydrogens (tertiary/aromatic N) is 5. The van der Waals surface area contributed by atoms with E-state index in [9.17, 15) is 0 Å². The number of anilines is 6. The first-order chi connectivity index (χ1) is 21.2. The van der Waals surface area contributed by atoms with Crippen LogP contribution >= 0.6 is 0 Å². The fraction of sp³-hybridized carbons (Fsp3) is 0.0789. The molecule has 0 aliphatic carbocycles. The predicted octanol–water partition coefficient (Wildman–Crippen LogP) is 9.50. The fourth-order valence-corrected chi connectivity index (χ4v) is 6.41. The summed E-state index contributed by atoms with van der Waals surface area (Å²) >= 11 is 0. The highest BCUT2D eigenvalue weighted by Gasteiger charge is 2.25. The van der Waals surface area contributed by atoms with Crippen molar-refractivity contribution >= 4 is 55.9 Å². The maximum Gasteiger partial charge on any atom is 0.137 e. The summed E-state index contributed by atoms with van der Waals surface area (Å²) in [7, 11) is 2.15. The molecule has 0 N–H and O–H groups in total. The van der Waals surface area contributed by atoms with Crippen LogP contribution in [0.5, 0.6) is 0 Å². The molecule has 5 heteroatoms. The zero-order valence-corrected chi connectivity index (χ0v) is 24.2. The zero-order valence-electron chi connectivity index (χ0n) is 24.2. The van der Waals surface area contributed by atoms with E-state index in [2.05, 4.69) is 161 Å². The highest BCUT2D eigenvalue weighted by molar-refractivity contribution is 6.10. The Balaban J connectivity index is 1.32. The van der Waals surface area contributed by atoms with E-state index in [-0.39, 0.29) is 0 Å². The van der Waals surface area contributed by atoms with Gasteiger partial charge in [0.1, 0.15) is 5.82 Å². The lowest BCUT2D eigenvalue weighted by Crippen LogP contribution is -2.24. The van der Waals surface area contributed by atoms with Gasteiger partial charge in [-0.2, -0.15) is 0 Å². The number of benzene rings is 5. The van der Waals surface area contributed by atoms with Crippen LogP contribution in [0.2, 0.25) is 0 Å². The van der Waals surface area contributed by atoms with Crippen LogP contribution in [0, 0.1) is 6.92 Å². The van der Waals surface area contributed by atoms with Crippen molar-refractivity contribution in [2.24, 2.45) is 0 Å². The number of hydrogen-bond donors (Lipinski definition) is 0. The highest BCUT2D eigenvalue weighted by atomic mass is 15.4. The summed E-state index contributed by atoms with van der Waals surface area (Å²) in [5, 5.41) is 2.43. The lowest BCUT2D eigenvalue weighted by molar-refractivity contribution is 0.949. The molecular weight excluding hydrogens is 526 g/mol. The molecule has 7 aromatic rings. The number of aromatic nitrogens is 2. The third-order valence-corrected chi connectivity index (χ3v) is 8.40. The molecule has 0 radical (unpaired) electrons. The molecule has 0 amide bonds. The Bertz CT molecular complexity index is 2110. The lowest BCUT2D eigenvalue weighted by atomic mass is 10.1. The summed E-state index contributed by atoms with van der Waals surface area (Å²) in [6.45, 7) is 2.93. The van der Waals surface area contributed by atoms with Gasteiger partial charge in [0, 0.05) is 46.8 Å². The second-order valence-corrected chi connectivity index (χ2v) is 11.2. The van der Waals surface area contributed by atoms with Crippen LogP contribution in [0.3, 0.4) is 0 Å². The average molecular weight is 558 g/mol. The molecule has 0 spiro atoms. The van der Waals surface area contributed by atoms with Crippen molar-refractivity contribution in [3.63, 3.8) is 0 Å². The van der Waals surface area contributed by atoms with Crippen LogP contribution in [-0.4, -0.2) is 23.3 Å². The maximum absolute atomic E-state index is 4.79. The summed E-state index contributed by atoms with van der Waals surface area (Å²) in [5.41, 5.74) is 10.4. The quantitative estimate of drug-likeness (QED) is 0.211. The van der Waals surface area contributed by atoms with Gasteiger partial charge in [0.2, 0.25) is 0 Å². The monoisotopic (exact) mass is 557 g/mol. The van der Waals surface area contributed by atoms with Crippen molar-refractivity contribution < 1.29 is 0 Å². The molecule has 0 fully saturated rings. The summed E-state index contributed by atoms with van der Waals surface area (Å²) in [6, 6.07) is 47.7. The largest absolute Gasteiger partial charge is 0.355 e. The van der Waals surface area contributed by atoms with E-state index >= 15 is 0 Å². The molecular formula is C38H31N5. The van der Waals surface area contributed by atoms with Crippen molar-refractivity contribution in [2.45, 2.75) is 6.92 Å². The van der Waals surface area contributed by atoms with Gasteiger partial charge in [-0.1, -0.05) is 60.7 Å². The van der Waals surface area contributed by atoms with Crippen LogP contribution < -0.4 is 14.7 Å². The van der Waals surface area contributed by atoms with Gasteiger partial charge in [-0.15, -0.1) is 0 Å². The summed E-state index contributed by atoms with van der Waals surface area (Å²) in [5.74, 6) is 0.924. The van der Waals surface area contributed by atoms with Gasteiger partial charge in [-0.3, -0.25) is 4.57 Å². The first-order valence-electron chi connectivity index (χ1n) is 14.6. The fourth-order valence-electron chi connectivity index (χ4n) is 6.41. The number of para-hydroxylation sites is 4. The van der Waals surface area contributed by atoms with Gasteiger partial charge in [0.05, 0.1) is 29.1 Å². The van der Waals surface area contributed by atoms with E-state index in [0.29, 0.717) is 0 Å². The second-order valence-electron chi connectivity index (χ2n) is 11.2. The first-order valence-corrected chi connectivity index (χ1v) is 14.6. The van der Waals surface area contributed by atoms with Crippen LogP contribution in [-0.2, 0) is 0 Å². The Labute approximate surface area is 251 Å². The Kier molecular flexibility index (Phi) is 5.90. The van der Waals surface area contributed by atoms with Crippen LogP contribution in [0.4, 0.5) is 34.1 Å². The molecule has 8 rings (SSSR count). The SMILES string of the molecule is Cc1ccnc(-n2c3ccccc3c3ccc(N(c4ccccc4)c4cccc(N5CN(C)c6ccccc65)c4)cc32)c1. The maximum atomic E-state index is 4.79. The van der Waals surface area contributed by atoms with Crippen molar-refractivity contribution in [1.29, 1.82) is 0 Å². The number of aryl methyl sites for hydroxylation is 1. The van der Waals surface area contributed by atoms with Gasteiger partial charge >= 0.3 is 0 Å². The van der Waals surface area contributed by atoms with Gasteiger partial charge in [-0.05, 0) is 85.3 Å². The van der Waals surface area contributed by atoms with Gasteiger partial charge in [0.15, 0.2) is 0 Å². The molecule has 0 saturated carbocycles. The smallest absolute Gasteiger partial charge is 0.137 e. The van der Waals surface area contributed by atoms with E-state index < -0.39 is 0 Å². The standard InChI is InChI=1S/C38H31N5/c1-27-21-22-39-38(23-27)43-34-16-7-6-15-32(34)33-20-19-31(25-37(33)43)42(28-11-4-3-5-12-28)30-14-10-13-29(24-30)41-26-40(2)35-17-8-9-18-36(35)41/h3-25H,26H2,1-2H3. The number of fused-ring (bicyclic) bond motifs is 4. The third kappa shape index (κ3) is 4.20. The minimum atomic E-state index is 0.809. The number of hydrogen-bond acceptors (Lipinski definition) is 4. The van der Waals surface area contributed by atoms with E-state index in [1.807, 2.05) is 12.3 Å². The molecule has 5 aromatic carbocycles. The summed E-state index contributed by atoms with van der Waals surface area (Å²) < 4.78 is 2.29. The predicted molar refractivity (Wildman–Crippen MR) is 180 cm³/mol. The molecule has 0 bridgehead atoms. The molecule has 208 valence electrons. The molecule has 0 unspecified atom stereocenters. The van der Waals surface area contributed by atoms with Crippen molar-refractivity contribution in [2.75, 3.05) is 28.4 Å². The topological polar surface area (TPSA) is 27.5 Å². The molecule has 3 heterocycles. The molecule has 5 nitrogen and oxygen atoms in total. The summed E-state index contributed by atoms with van der Waals surface area (Å²) in [4.78, 5) is 11.8. The normalized spacial score (nSPS) is 12.7. The van der Waals surface area contributed by atoms with E-state index in [1.165, 1.54) is 27.7 Å². The van der Waals surface area contributed by atoms with Crippen molar-refractivity contribution in [1.82, 2.24) is 9.55 Å². The van der Waals surface area contributed by atoms with E-state index in [0.717, 1.165) is 46.3 Å². The number of pyridine rings is 1. The van der Waals surface area contributed by atoms with E-state index in [1.54, 1.807) is 0 Å². The molecule has 1 aliphatic heterocycles. The highest BCUT2D eigenvalue weighted by Crippen LogP contribution is 2.43. The Morgan fingerprint density at radius 3 is 2.19 bits per heavy atom. The van der Waals surface area contributed by atoms with Crippen LogP contribution in [0.15, 0.2) is 140 Å². The Morgan fingerprint density at radius 2 is 1.33 bits per heavy atom. The molecule has 43 heavy (non-hydrogen) atoms. The number of rotatable bonds is 5. The van der Waals surface area contributed by atoms with Crippen LogP contribution in [0.25, 0.3) is 27.6 Å². The van der Waals surface area contributed by atoms with Gasteiger partial charge < -0.3 is 14.7 Å². The van der Waals surface area contributed by atoms with Crippen molar-refractivity contribution in [3.05, 3.63) is 145 Å². The average Bonchev–Trinajstić information content (AvgIpc) is 3.56. The summed E-state index contributed by atoms with van der Waals surface area (Å²) in [6.07, 6.45) is 1.89. The lowest BCUT2D eigenvalue weighted by Gasteiger charge is -2.27. The third-order valence-electron chi connectivity index (χ3n) is 8.40.